The van der Waals surface area contributed by atoms with Crippen molar-refractivity contribution in [1.82, 2.24) is 0 Å². The zero-order chi connectivity index (χ0) is 12.3. The van der Waals surface area contributed by atoms with Gasteiger partial charge >= 0.3 is 0 Å². The molecule has 0 heterocycles. The van der Waals surface area contributed by atoms with E-state index in [1.54, 1.807) is 36.4 Å². The van der Waals surface area contributed by atoms with Crippen LogP contribution in [-0.2, 0) is 0 Å². The Hall–Kier alpha value is -2.34. The van der Waals surface area contributed by atoms with E-state index >= 15 is 0 Å². The van der Waals surface area contributed by atoms with Crippen LogP contribution in [-0.4, -0.2) is 0 Å². The lowest BCUT2D eigenvalue weighted by Crippen LogP contribution is -1.89. The molecule has 0 radical (unpaired) electrons. The van der Waals surface area contributed by atoms with Crippen LogP contribution in [0.4, 0.5) is 4.39 Å². The molecule has 0 saturated heterocycles. The van der Waals surface area contributed by atoms with Gasteiger partial charge in [0.1, 0.15) is 5.75 Å². The fourth-order valence-electron chi connectivity index (χ4n) is 1.44. The van der Waals surface area contributed by atoms with E-state index in [1.165, 1.54) is 6.07 Å². The summed E-state index contributed by atoms with van der Waals surface area (Å²) in [4.78, 5) is 0. The Morgan fingerprint density at radius 1 is 1.18 bits per heavy atom. The number of rotatable bonds is 2. The summed E-state index contributed by atoms with van der Waals surface area (Å²) >= 11 is 0. The Labute approximate surface area is 98.9 Å². The van der Waals surface area contributed by atoms with Crippen molar-refractivity contribution in [3.05, 3.63) is 59.4 Å². The summed E-state index contributed by atoms with van der Waals surface area (Å²) in [5.74, 6) is 0.201. The molecule has 3 heteroatoms. The molecule has 2 aromatic carbocycles. The molecule has 0 N–H and O–H groups in total. The number of hydrogen-bond acceptors (Lipinski definition) is 2. The second kappa shape index (κ2) is 4.67. The van der Waals surface area contributed by atoms with Gasteiger partial charge in [-0.2, -0.15) is 5.26 Å². The monoisotopic (exact) mass is 227 g/mol. The van der Waals surface area contributed by atoms with E-state index in [0.717, 1.165) is 5.56 Å². The van der Waals surface area contributed by atoms with Gasteiger partial charge in [0.25, 0.3) is 0 Å². The molecule has 84 valence electrons. The molecule has 2 rings (SSSR count). The van der Waals surface area contributed by atoms with E-state index < -0.39 is 5.82 Å². The van der Waals surface area contributed by atoms with Gasteiger partial charge in [0.15, 0.2) is 11.6 Å². The molecule has 0 aliphatic heterocycles. The highest BCUT2D eigenvalue weighted by Gasteiger charge is 2.05. The highest BCUT2D eigenvalue weighted by molar-refractivity contribution is 5.40. The number of halogens is 1. The first-order valence-electron chi connectivity index (χ1n) is 5.13. The van der Waals surface area contributed by atoms with Gasteiger partial charge < -0.3 is 4.74 Å². The number of benzene rings is 2. The van der Waals surface area contributed by atoms with E-state index in [1.807, 2.05) is 13.0 Å². The van der Waals surface area contributed by atoms with Gasteiger partial charge in [-0.15, -0.1) is 0 Å². The lowest BCUT2D eigenvalue weighted by Gasteiger charge is -2.07. The molecular weight excluding hydrogens is 217 g/mol. The summed E-state index contributed by atoms with van der Waals surface area (Å²) in [6.07, 6.45) is 0. The van der Waals surface area contributed by atoms with Crippen LogP contribution in [0.3, 0.4) is 0 Å². The van der Waals surface area contributed by atoms with Gasteiger partial charge in [-0.05, 0) is 42.8 Å². The molecule has 0 aliphatic carbocycles. The second-order valence-electron chi connectivity index (χ2n) is 3.68. The highest BCUT2D eigenvalue weighted by Crippen LogP contribution is 2.25. The summed E-state index contributed by atoms with van der Waals surface area (Å²) in [5, 5.41) is 8.75. The van der Waals surface area contributed by atoms with Crippen LogP contribution >= 0.6 is 0 Å². The van der Waals surface area contributed by atoms with Crippen LogP contribution < -0.4 is 4.74 Å². The Kier molecular flexibility index (Phi) is 3.06. The Morgan fingerprint density at radius 2 is 2.00 bits per heavy atom. The topological polar surface area (TPSA) is 33.0 Å². The predicted molar refractivity (Wildman–Crippen MR) is 62.4 cm³/mol. The third-order valence-electron chi connectivity index (χ3n) is 2.28. The van der Waals surface area contributed by atoms with Gasteiger partial charge in [-0.1, -0.05) is 12.1 Å². The molecule has 0 saturated carbocycles. The summed E-state index contributed by atoms with van der Waals surface area (Å²) in [6, 6.07) is 13.3. The van der Waals surface area contributed by atoms with Gasteiger partial charge in [-0.25, -0.2) is 4.39 Å². The van der Waals surface area contributed by atoms with Gasteiger partial charge in [0.05, 0.1) is 11.6 Å². The maximum Gasteiger partial charge on any atom is 0.165 e. The summed E-state index contributed by atoms with van der Waals surface area (Å²) in [7, 11) is 0. The molecule has 0 spiro atoms. The molecule has 2 nitrogen and oxygen atoms in total. The van der Waals surface area contributed by atoms with Gasteiger partial charge in [0, 0.05) is 0 Å². The van der Waals surface area contributed by atoms with Crippen molar-refractivity contribution in [2.45, 2.75) is 6.92 Å². The van der Waals surface area contributed by atoms with Crippen molar-refractivity contribution in [1.29, 1.82) is 5.26 Å². The first-order valence-corrected chi connectivity index (χ1v) is 5.13. The molecule has 2 aromatic rings. The van der Waals surface area contributed by atoms with E-state index in [-0.39, 0.29) is 5.75 Å². The average molecular weight is 227 g/mol. The first-order chi connectivity index (χ1) is 8.19. The van der Waals surface area contributed by atoms with E-state index in [2.05, 4.69) is 0 Å². The van der Waals surface area contributed by atoms with Crippen molar-refractivity contribution in [2.24, 2.45) is 0 Å². The quantitative estimate of drug-likeness (QED) is 0.781. The molecule has 0 aliphatic rings. The maximum atomic E-state index is 13.4. The standard InChI is InChI=1S/C14H10FNO/c1-10-5-6-13(15)14(7-10)17-12-4-2-3-11(8-12)9-16/h2-8H,1H3. The van der Waals surface area contributed by atoms with E-state index in [9.17, 15) is 4.39 Å². The number of hydrogen-bond donors (Lipinski definition) is 0. The molecule has 17 heavy (non-hydrogen) atoms. The van der Waals surface area contributed by atoms with Crippen molar-refractivity contribution in [2.75, 3.05) is 0 Å². The summed E-state index contributed by atoms with van der Waals surface area (Å²) < 4.78 is 18.9. The van der Waals surface area contributed by atoms with E-state index in [4.69, 9.17) is 10.00 Å². The van der Waals surface area contributed by atoms with Crippen LogP contribution in [0.2, 0.25) is 0 Å². The SMILES string of the molecule is Cc1ccc(F)c(Oc2cccc(C#N)c2)c1. The molecule has 0 unspecified atom stereocenters. The van der Waals surface area contributed by atoms with E-state index in [0.29, 0.717) is 11.3 Å². The Morgan fingerprint density at radius 3 is 2.76 bits per heavy atom. The fraction of sp³-hybridized carbons (Fsp3) is 0.0714. The fourth-order valence-corrected chi connectivity index (χ4v) is 1.44. The van der Waals surface area contributed by atoms with Crippen LogP contribution in [0.25, 0.3) is 0 Å². The molecule has 0 aromatic heterocycles. The van der Waals surface area contributed by atoms with Crippen molar-refractivity contribution in [3.8, 4) is 17.6 Å². The second-order valence-corrected chi connectivity index (χ2v) is 3.68. The lowest BCUT2D eigenvalue weighted by molar-refractivity contribution is 0.441. The van der Waals surface area contributed by atoms with Crippen molar-refractivity contribution < 1.29 is 9.13 Å². The molecular formula is C14H10FNO. The van der Waals surface area contributed by atoms with Crippen molar-refractivity contribution in [3.63, 3.8) is 0 Å². The number of nitriles is 1. The first kappa shape index (κ1) is 11.2. The number of aryl methyl sites for hydroxylation is 1. The Balaban J connectivity index is 2.31. The highest BCUT2D eigenvalue weighted by atomic mass is 19.1. The lowest BCUT2D eigenvalue weighted by atomic mass is 10.2. The number of nitrogens with zero attached hydrogens (tertiary/aromatic N) is 1. The summed E-state index contributed by atoms with van der Waals surface area (Å²) in [6.45, 7) is 1.86. The minimum atomic E-state index is -0.419. The molecule has 0 bridgehead atoms. The minimum Gasteiger partial charge on any atom is -0.454 e. The molecule has 0 atom stereocenters. The molecule has 0 fully saturated rings. The van der Waals surface area contributed by atoms with Crippen molar-refractivity contribution >= 4 is 0 Å². The molecule has 0 amide bonds. The van der Waals surface area contributed by atoms with Gasteiger partial charge in [0.2, 0.25) is 0 Å². The number of ether oxygens (including phenoxy) is 1. The third-order valence-corrected chi connectivity index (χ3v) is 2.28. The maximum absolute atomic E-state index is 13.4. The Bertz CT molecular complexity index is 587. The van der Waals surface area contributed by atoms with Crippen LogP contribution in [0.15, 0.2) is 42.5 Å². The van der Waals surface area contributed by atoms with Crippen LogP contribution in [0.5, 0.6) is 11.5 Å². The van der Waals surface area contributed by atoms with Crippen LogP contribution in [0, 0.1) is 24.1 Å². The predicted octanol–water partition coefficient (Wildman–Crippen LogP) is 3.80. The smallest absolute Gasteiger partial charge is 0.165 e. The normalized spacial score (nSPS) is 9.71. The largest absolute Gasteiger partial charge is 0.454 e. The van der Waals surface area contributed by atoms with Crippen LogP contribution in [0.1, 0.15) is 11.1 Å². The average Bonchev–Trinajstić information content (AvgIpc) is 2.34. The minimum absolute atomic E-state index is 0.167. The van der Waals surface area contributed by atoms with Gasteiger partial charge in [-0.3, -0.25) is 0 Å². The zero-order valence-corrected chi connectivity index (χ0v) is 9.27. The third kappa shape index (κ3) is 2.61. The summed E-state index contributed by atoms with van der Waals surface area (Å²) in [5.41, 5.74) is 1.40. The zero-order valence-electron chi connectivity index (χ0n) is 9.27.